The van der Waals surface area contributed by atoms with Gasteiger partial charge in [-0.15, -0.1) is 16.4 Å². The molecular formula is C21H21FN4O2S2. The third-order valence-electron chi connectivity index (χ3n) is 4.62. The van der Waals surface area contributed by atoms with Crippen LogP contribution in [-0.4, -0.2) is 27.3 Å². The van der Waals surface area contributed by atoms with Crippen LogP contribution in [0.2, 0.25) is 0 Å². The van der Waals surface area contributed by atoms with Crippen LogP contribution in [-0.2, 0) is 15.3 Å². The zero-order valence-corrected chi connectivity index (χ0v) is 18.2. The molecule has 3 aromatic rings. The zero-order valence-electron chi connectivity index (χ0n) is 16.6. The van der Waals surface area contributed by atoms with E-state index in [0.717, 1.165) is 11.3 Å². The molecule has 1 aliphatic rings. The Morgan fingerprint density at radius 2 is 2.17 bits per heavy atom. The number of thiophene rings is 1. The quantitative estimate of drug-likeness (QED) is 0.408. The van der Waals surface area contributed by atoms with Gasteiger partial charge in [0.05, 0.1) is 12.2 Å². The second-order valence-corrected chi connectivity index (χ2v) is 8.68. The van der Waals surface area contributed by atoms with E-state index < -0.39 is 6.04 Å². The number of anilines is 1. The standard InChI is InChI=1S/C21H21FN4O2S2/c1-3-10-28-19(27)17-13(2)23-20-24-21(30-12-14-7-4-5-8-15(14)22)25-26(20)18(17)16-9-6-11-29-16/h4-9,11,18H,3,10,12H2,1-2H3,(H,23,24,25). The average Bonchev–Trinajstić information content (AvgIpc) is 3.40. The summed E-state index contributed by atoms with van der Waals surface area (Å²) in [4.78, 5) is 18.3. The molecule has 156 valence electrons. The number of carbonyl (C=O) groups excluding carboxylic acids is 1. The molecule has 0 radical (unpaired) electrons. The summed E-state index contributed by atoms with van der Waals surface area (Å²) in [6, 6.07) is 10.2. The number of carbonyl (C=O) groups is 1. The molecule has 0 spiro atoms. The molecule has 0 bridgehead atoms. The number of hydrogen-bond donors (Lipinski definition) is 1. The first kappa shape index (κ1) is 20.6. The first-order valence-corrected chi connectivity index (χ1v) is 11.5. The molecule has 0 fully saturated rings. The number of nitrogens with one attached hydrogen (secondary N) is 1. The fourth-order valence-corrected chi connectivity index (χ4v) is 4.83. The first-order chi connectivity index (χ1) is 14.6. The van der Waals surface area contributed by atoms with E-state index in [2.05, 4.69) is 15.4 Å². The van der Waals surface area contributed by atoms with E-state index in [1.54, 1.807) is 34.2 Å². The second-order valence-electron chi connectivity index (χ2n) is 6.76. The third kappa shape index (κ3) is 4.13. The van der Waals surface area contributed by atoms with Gasteiger partial charge in [-0.3, -0.25) is 0 Å². The SMILES string of the molecule is CCCOC(=O)C1=C(C)Nc2nc(SCc3ccccc3F)nn2C1c1cccs1. The summed E-state index contributed by atoms with van der Waals surface area (Å²) in [7, 11) is 0. The summed E-state index contributed by atoms with van der Waals surface area (Å²) in [5.41, 5.74) is 1.81. The number of allylic oxidation sites excluding steroid dienone is 1. The molecule has 3 heterocycles. The van der Waals surface area contributed by atoms with E-state index in [9.17, 15) is 9.18 Å². The van der Waals surface area contributed by atoms with E-state index in [1.165, 1.54) is 17.8 Å². The normalized spacial score (nSPS) is 15.6. The van der Waals surface area contributed by atoms with Crippen LogP contribution >= 0.6 is 23.1 Å². The number of fused-ring (bicyclic) bond motifs is 1. The van der Waals surface area contributed by atoms with Crippen molar-refractivity contribution in [3.63, 3.8) is 0 Å². The summed E-state index contributed by atoms with van der Waals surface area (Å²) < 4.78 is 21.1. The highest BCUT2D eigenvalue weighted by atomic mass is 32.2. The molecule has 2 aromatic heterocycles. The van der Waals surface area contributed by atoms with Gasteiger partial charge >= 0.3 is 5.97 Å². The van der Waals surface area contributed by atoms with Crippen LogP contribution in [0.5, 0.6) is 0 Å². The van der Waals surface area contributed by atoms with E-state index in [4.69, 9.17) is 4.74 Å². The maximum absolute atomic E-state index is 13.9. The smallest absolute Gasteiger partial charge is 0.338 e. The molecule has 1 N–H and O–H groups in total. The van der Waals surface area contributed by atoms with Crippen LogP contribution in [0.25, 0.3) is 0 Å². The van der Waals surface area contributed by atoms with Gasteiger partial charge in [0, 0.05) is 16.3 Å². The lowest BCUT2D eigenvalue weighted by molar-refractivity contribution is -0.139. The molecule has 30 heavy (non-hydrogen) atoms. The van der Waals surface area contributed by atoms with Crippen LogP contribution < -0.4 is 5.32 Å². The number of rotatable bonds is 7. The van der Waals surface area contributed by atoms with Crippen molar-refractivity contribution in [1.29, 1.82) is 0 Å². The predicted octanol–water partition coefficient (Wildman–Crippen LogP) is 5.01. The summed E-state index contributed by atoms with van der Waals surface area (Å²) in [5.74, 6) is 0.357. The van der Waals surface area contributed by atoms with Crippen molar-refractivity contribution in [3.05, 3.63) is 69.3 Å². The Kier molecular flexibility index (Phi) is 6.19. The van der Waals surface area contributed by atoms with Gasteiger partial charge in [-0.2, -0.15) is 4.98 Å². The molecule has 6 nitrogen and oxygen atoms in total. The summed E-state index contributed by atoms with van der Waals surface area (Å²) in [6.45, 7) is 4.16. The Bertz CT molecular complexity index is 1080. The maximum Gasteiger partial charge on any atom is 0.338 e. The molecule has 0 saturated heterocycles. The molecule has 0 aliphatic carbocycles. The zero-order chi connectivity index (χ0) is 21.1. The van der Waals surface area contributed by atoms with E-state index in [1.807, 2.05) is 31.4 Å². The van der Waals surface area contributed by atoms with Crippen molar-refractivity contribution in [2.45, 2.75) is 37.2 Å². The number of esters is 1. The lowest BCUT2D eigenvalue weighted by Gasteiger charge is -2.27. The molecule has 9 heteroatoms. The number of thioether (sulfide) groups is 1. The molecule has 0 amide bonds. The molecule has 4 rings (SSSR count). The third-order valence-corrected chi connectivity index (χ3v) is 6.43. The second kappa shape index (κ2) is 9.01. The Balaban J connectivity index is 1.64. The monoisotopic (exact) mass is 444 g/mol. The highest BCUT2D eigenvalue weighted by molar-refractivity contribution is 7.98. The predicted molar refractivity (Wildman–Crippen MR) is 116 cm³/mol. The fourth-order valence-electron chi connectivity index (χ4n) is 3.20. The van der Waals surface area contributed by atoms with Gasteiger partial charge in [0.1, 0.15) is 11.9 Å². The largest absolute Gasteiger partial charge is 0.462 e. The number of aromatic nitrogens is 3. The van der Waals surface area contributed by atoms with Crippen molar-refractivity contribution >= 4 is 35.0 Å². The summed E-state index contributed by atoms with van der Waals surface area (Å²) in [5, 5.41) is 10.3. The van der Waals surface area contributed by atoms with Gasteiger partial charge in [0.15, 0.2) is 0 Å². The molecule has 1 unspecified atom stereocenters. The highest BCUT2D eigenvalue weighted by Crippen LogP contribution is 2.38. The fraction of sp³-hybridized carbons (Fsp3) is 0.286. The van der Waals surface area contributed by atoms with E-state index >= 15 is 0 Å². The van der Waals surface area contributed by atoms with E-state index in [0.29, 0.717) is 40.3 Å². The van der Waals surface area contributed by atoms with Crippen LogP contribution in [0.3, 0.4) is 0 Å². The van der Waals surface area contributed by atoms with Gasteiger partial charge in [0.2, 0.25) is 11.1 Å². The van der Waals surface area contributed by atoms with Crippen molar-refractivity contribution < 1.29 is 13.9 Å². The minimum atomic E-state index is -0.416. The average molecular weight is 445 g/mol. The summed E-state index contributed by atoms with van der Waals surface area (Å²) >= 11 is 2.90. The Morgan fingerprint density at radius 3 is 2.90 bits per heavy atom. The van der Waals surface area contributed by atoms with Gasteiger partial charge in [0.25, 0.3) is 0 Å². The van der Waals surface area contributed by atoms with E-state index in [-0.39, 0.29) is 11.8 Å². The Labute approximate surface area is 182 Å². The van der Waals surface area contributed by atoms with Crippen molar-refractivity contribution in [2.24, 2.45) is 0 Å². The molecule has 0 saturated carbocycles. The van der Waals surface area contributed by atoms with Gasteiger partial charge in [-0.1, -0.05) is 43.0 Å². The minimum Gasteiger partial charge on any atom is -0.462 e. The molecule has 1 atom stereocenters. The van der Waals surface area contributed by atoms with Crippen molar-refractivity contribution in [1.82, 2.24) is 14.8 Å². The minimum absolute atomic E-state index is 0.248. The Morgan fingerprint density at radius 1 is 1.33 bits per heavy atom. The van der Waals surface area contributed by atoms with Crippen molar-refractivity contribution in [3.8, 4) is 0 Å². The number of ether oxygens (including phenoxy) is 1. The Hall–Kier alpha value is -2.65. The van der Waals surface area contributed by atoms with Crippen LogP contribution in [0.15, 0.2) is 58.2 Å². The van der Waals surface area contributed by atoms with Crippen molar-refractivity contribution in [2.75, 3.05) is 11.9 Å². The number of nitrogens with zero attached hydrogens (tertiary/aromatic N) is 3. The maximum atomic E-state index is 13.9. The van der Waals surface area contributed by atoms with Gasteiger partial charge in [-0.25, -0.2) is 13.9 Å². The van der Waals surface area contributed by atoms with Gasteiger partial charge < -0.3 is 10.1 Å². The van der Waals surface area contributed by atoms with Crippen LogP contribution in [0.4, 0.5) is 10.3 Å². The number of halogens is 1. The number of benzene rings is 1. The first-order valence-electron chi connectivity index (χ1n) is 9.59. The lowest BCUT2D eigenvalue weighted by atomic mass is 10.0. The summed E-state index contributed by atoms with van der Waals surface area (Å²) in [6.07, 6.45) is 0.751. The molecular weight excluding hydrogens is 423 g/mol. The number of hydrogen-bond acceptors (Lipinski definition) is 7. The van der Waals surface area contributed by atoms with Crippen LogP contribution in [0.1, 0.15) is 36.8 Å². The van der Waals surface area contributed by atoms with Gasteiger partial charge in [-0.05, 0) is 36.4 Å². The lowest BCUT2D eigenvalue weighted by Crippen LogP contribution is -2.29. The molecule has 1 aliphatic heterocycles. The molecule has 1 aromatic carbocycles. The van der Waals surface area contributed by atoms with Crippen LogP contribution in [0, 0.1) is 5.82 Å². The topological polar surface area (TPSA) is 69.0 Å². The highest BCUT2D eigenvalue weighted by Gasteiger charge is 2.35.